The zero-order valence-corrected chi connectivity index (χ0v) is 11.4. The van der Waals surface area contributed by atoms with E-state index in [2.05, 4.69) is 26.6 Å². The first-order valence-corrected chi connectivity index (χ1v) is 5.81. The molecule has 0 atom stereocenters. The summed E-state index contributed by atoms with van der Waals surface area (Å²) in [6.45, 7) is 1.02. The Labute approximate surface area is 116 Å². The van der Waals surface area contributed by atoms with Crippen molar-refractivity contribution in [3.8, 4) is 0 Å². The highest BCUT2D eigenvalue weighted by Crippen LogP contribution is 2.30. The molecule has 1 aromatic carbocycles. The molecule has 19 heavy (non-hydrogen) atoms. The Hall–Kier alpha value is -2.16. The predicted molar refractivity (Wildman–Crippen MR) is 70.2 cm³/mol. The number of hydrogen-bond donors (Lipinski definition) is 3. The van der Waals surface area contributed by atoms with Gasteiger partial charge in [-0.3, -0.25) is 14.9 Å². The number of carbonyl (C=O) groups is 2. The number of carboxylic acid groups (broad SMARTS) is 1. The van der Waals surface area contributed by atoms with E-state index in [1.54, 1.807) is 6.92 Å². The van der Waals surface area contributed by atoms with E-state index >= 15 is 0 Å². The van der Waals surface area contributed by atoms with Gasteiger partial charge in [0, 0.05) is 16.1 Å². The molecule has 8 nitrogen and oxygen atoms in total. The molecule has 0 aliphatic heterocycles. The zero-order chi connectivity index (χ0) is 14.6. The van der Waals surface area contributed by atoms with Gasteiger partial charge in [0.25, 0.3) is 5.69 Å². The van der Waals surface area contributed by atoms with Crippen LogP contribution < -0.4 is 10.6 Å². The van der Waals surface area contributed by atoms with E-state index < -0.39 is 23.5 Å². The van der Waals surface area contributed by atoms with Gasteiger partial charge in [0.1, 0.15) is 6.54 Å². The molecule has 0 aromatic heterocycles. The van der Waals surface area contributed by atoms with Crippen LogP contribution >= 0.6 is 15.9 Å². The number of rotatable bonds is 4. The average molecular weight is 332 g/mol. The molecule has 0 fully saturated rings. The number of aliphatic carboxylic acids is 1. The number of benzene rings is 1. The fraction of sp³-hybridized carbons (Fsp3) is 0.200. The Morgan fingerprint density at radius 3 is 2.63 bits per heavy atom. The van der Waals surface area contributed by atoms with E-state index in [1.165, 1.54) is 12.1 Å². The number of nitro groups is 1. The summed E-state index contributed by atoms with van der Waals surface area (Å²) in [6.07, 6.45) is 0. The molecule has 0 saturated heterocycles. The monoisotopic (exact) mass is 331 g/mol. The lowest BCUT2D eigenvalue weighted by Crippen LogP contribution is -2.33. The molecule has 0 unspecified atom stereocenters. The van der Waals surface area contributed by atoms with Gasteiger partial charge in [0.05, 0.1) is 10.6 Å². The highest BCUT2D eigenvalue weighted by molar-refractivity contribution is 9.10. The van der Waals surface area contributed by atoms with Crippen LogP contribution in [0.15, 0.2) is 16.6 Å². The maximum absolute atomic E-state index is 11.4. The summed E-state index contributed by atoms with van der Waals surface area (Å²) in [6, 6.07) is 1.92. The number of urea groups is 1. The van der Waals surface area contributed by atoms with Crippen LogP contribution in [-0.2, 0) is 4.79 Å². The van der Waals surface area contributed by atoms with Crippen LogP contribution in [0.4, 0.5) is 16.2 Å². The van der Waals surface area contributed by atoms with E-state index in [9.17, 15) is 19.7 Å². The van der Waals surface area contributed by atoms with Gasteiger partial charge >= 0.3 is 12.0 Å². The van der Waals surface area contributed by atoms with Crippen molar-refractivity contribution in [2.24, 2.45) is 0 Å². The quantitative estimate of drug-likeness (QED) is 0.574. The summed E-state index contributed by atoms with van der Waals surface area (Å²) in [7, 11) is 0. The molecule has 0 radical (unpaired) electrons. The minimum absolute atomic E-state index is 0.142. The van der Waals surface area contributed by atoms with Crippen LogP contribution in [0.3, 0.4) is 0 Å². The van der Waals surface area contributed by atoms with Gasteiger partial charge in [-0.05, 0) is 28.9 Å². The Morgan fingerprint density at radius 2 is 2.11 bits per heavy atom. The fourth-order valence-electron chi connectivity index (χ4n) is 1.28. The minimum atomic E-state index is -1.19. The summed E-state index contributed by atoms with van der Waals surface area (Å²) < 4.78 is 0.459. The van der Waals surface area contributed by atoms with Gasteiger partial charge in [-0.25, -0.2) is 4.79 Å². The lowest BCUT2D eigenvalue weighted by molar-refractivity contribution is -0.385. The lowest BCUT2D eigenvalue weighted by atomic mass is 10.2. The molecular weight excluding hydrogens is 322 g/mol. The third kappa shape index (κ3) is 4.21. The number of amides is 2. The Morgan fingerprint density at radius 1 is 1.47 bits per heavy atom. The number of carbonyl (C=O) groups excluding carboxylic acids is 1. The molecule has 0 heterocycles. The van der Waals surface area contributed by atoms with Crippen molar-refractivity contribution in [3.63, 3.8) is 0 Å². The zero-order valence-electron chi connectivity index (χ0n) is 9.77. The van der Waals surface area contributed by atoms with Crippen molar-refractivity contribution < 1.29 is 19.6 Å². The topological polar surface area (TPSA) is 122 Å². The van der Waals surface area contributed by atoms with E-state index in [-0.39, 0.29) is 11.4 Å². The van der Waals surface area contributed by atoms with Crippen LogP contribution in [0.5, 0.6) is 0 Å². The highest BCUT2D eigenvalue weighted by Gasteiger charge is 2.15. The normalized spacial score (nSPS) is 9.79. The third-order valence-corrected chi connectivity index (χ3v) is 2.79. The summed E-state index contributed by atoms with van der Waals surface area (Å²) in [4.78, 5) is 31.8. The van der Waals surface area contributed by atoms with Crippen molar-refractivity contribution >= 4 is 39.3 Å². The molecule has 102 valence electrons. The van der Waals surface area contributed by atoms with Gasteiger partial charge < -0.3 is 15.7 Å². The van der Waals surface area contributed by atoms with Crippen molar-refractivity contribution in [2.45, 2.75) is 6.92 Å². The maximum atomic E-state index is 11.4. The summed E-state index contributed by atoms with van der Waals surface area (Å²) in [5.74, 6) is -1.19. The van der Waals surface area contributed by atoms with Gasteiger partial charge in [0.2, 0.25) is 0 Å². The second-order valence-corrected chi connectivity index (χ2v) is 4.43. The summed E-state index contributed by atoms with van der Waals surface area (Å²) in [5.41, 5.74) is 0.477. The van der Waals surface area contributed by atoms with Crippen LogP contribution in [0.2, 0.25) is 0 Å². The molecule has 0 spiro atoms. The van der Waals surface area contributed by atoms with Crippen molar-refractivity contribution in [3.05, 3.63) is 32.3 Å². The average Bonchev–Trinajstić information content (AvgIpc) is 2.29. The Kier molecular flexibility index (Phi) is 4.81. The van der Waals surface area contributed by atoms with E-state index in [0.717, 1.165) is 0 Å². The molecule has 9 heteroatoms. The van der Waals surface area contributed by atoms with Crippen LogP contribution in [0.25, 0.3) is 0 Å². The summed E-state index contributed by atoms with van der Waals surface area (Å²) in [5, 5.41) is 23.6. The molecule has 1 aromatic rings. The fourth-order valence-corrected chi connectivity index (χ4v) is 1.83. The highest BCUT2D eigenvalue weighted by atomic mass is 79.9. The molecule has 0 aliphatic carbocycles. The van der Waals surface area contributed by atoms with Gasteiger partial charge in [-0.2, -0.15) is 0 Å². The maximum Gasteiger partial charge on any atom is 0.323 e. The Balaban J connectivity index is 2.89. The smallest absolute Gasteiger partial charge is 0.323 e. The number of anilines is 1. The number of halogens is 1. The van der Waals surface area contributed by atoms with Crippen molar-refractivity contribution in [1.82, 2.24) is 5.32 Å². The molecule has 3 N–H and O–H groups in total. The number of nitro benzene ring substituents is 1. The third-order valence-electron chi connectivity index (χ3n) is 2.13. The second kappa shape index (κ2) is 6.14. The van der Waals surface area contributed by atoms with Gasteiger partial charge in [0.15, 0.2) is 0 Å². The van der Waals surface area contributed by atoms with Crippen LogP contribution in [-0.4, -0.2) is 28.6 Å². The lowest BCUT2D eigenvalue weighted by Gasteiger charge is -2.09. The SMILES string of the molecule is Cc1cc(Br)c(NC(=O)NCC(=O)O)cc1[N+](=O)[O-]. The molecule has 1 rings (SSSR count). The number of aryl methyl sites for hydroxylation is 1. The van der Waals surface area contributed by atoms with Crippen LogP contribution in [0.1, 0.15) is 5.56 Å². The van der Waals surface area contributed by atoms with Gasteiger partial charge in [-0.15, -0.1) is 0 Å². The van der Waals surface area contributed by atoms with E-state index in [0.29, 0.717) is 10.0 Å². The molecule has 0 saturated carbocycles. The second-order valence-electron chi connectivity index (χ2n) is 3.58. The molecule has 2 amide bonds. The van der Waals surface area contributed by atoms with E-state index in [1.807, 2.05) is 0 Å². The first-order valence-electron chi connectivity index (χ1n) is 5.02. The number of hydrogen-bond acceptors (Lipinski definition) is 4. The standard InChI is InChI=1S/C10H10BrN3O5/c1-5-2-6(11)7(3-8(5)14(18)19)13-10(17)12-4-9(15)16/h2-3H,4H2,1H3,(H,15,16)(H2,12,13,17). The molecular formula is C10H10BrN3O5. The van der Waals surface area contributed by atoms with Crippen molar-refractivity contribution in [1.29, 1.82) is 0 Å². The van der Waals surface area contributed by atoms with Gasteiger partial charge in [-0.1, -0.05) is 0 Å². The van der Waals surface area contributed by atoms with E-state index in [4.69, 9.17) is 5.11 Å². The first kappa shape index (κ1) is 14.9. The first-order chi connectivity index (χ1) is 8.81. The number of nitrogens with zero attached hydrogens (tertiary/aromatic N) is 1. The molecule has 0 bridgehead atoms. The van der Waals surface area contributed by atoms with Crippen molar-refractivity contribution in [2.75, 3.05) is 11.9 Å². The van der Waals surface area contributed by atoms with Crippen LogP contribution in [0, 0.1) is 17.0 Å². The number of nitrogens with one attached hydrogen (secondary N) is 2. The predicted octanol–water partition coefficient (Wildman–Crippen LogP) is 1.87. The Bertz CT molecular complexity index is 546. The largest absolute Gasteiger partial charge is 0.480 e. The minimum Gasteiger partial charge on any atom is -0.480 e. The summed E-state index contributed by atoms with van der Waals surface area (Å²) >= 11 is 3.16. The molecule has 0 aliphatic rings. The number of carboxylic acids is 1.